The van der Waals surface area contributed by atoms with Crippen molar-refractivity contribution in [2.24, 2.45) is 17.8 Å². The summed E-state index contributed by atoms with van der Waals surface area (Å²) >= 11 is 0. The van der Waals surface area contributed by atoms with Crippen LogP contribution >= 0.6 is 0 Å². The summed E-state index contributed by atoms with van der Waals surface area (Å²) in [4.78, 5) is 40.3. The Balaban J connectivity index is 2.15. The fourth-order valence-corrected chi connectivity index (χ4v) is 5.12. The van der Waals surface area contributed by atoms with E-state index >= 15 is 0 Å². The van der Waals surface area contributed by atoms with E-state index < -0.39 is 35.3 Å². The van der Waals surface area contributed by atoms with Crippen molar-refractivity contribution in [1.82, 2.24) is 4.90 Å². The zero-order valence-electron chi connectivity index (χ0n) is 17.9. The largest absolute Gasteiger partial charge is 0.544 e. The van der Waals surface area contributed by atoms with E-state index in [9.17, 15) is 24.6 Å². The first-order chi connectivity index (χ1) is 14.2. The Morgan fingerprint density at radius 2 is 2.03 bits per heavy atom. The Morgan fingerprint density at radius 1 is 1.33 bits per heavy atom. The summed E-state index contributed by atoms with van der Waals surface area (Å²) in [5.74, 6) is -4.07. The minimum Gasteiger partial charge on any atom is -0.544 e. The number of hydrogen-bond donors (Lipinski definition) is 2. The number of amides is 2. The van der Waals surface area contributed by atoms with Crippen LogP contribution in [0.5, 0.6) is 11.5 Å². The smallest absolute Gasteiger partial charge is 0.240 e. The molecule has 4 atom stereocenters. The summed E-state index contributed by atoms with van der Waals surface area (Å²) in [5, 5.41) is 24.7. The molecule has 3 N–H and O–H groups in total. The number of aliphatic carboxylic acids is 1. The molecule has 8 nitrogen and oxygen atoms in total. The van der Waals surface area contributed by atoms with Gasteiger partial charge >= 0.3 is 0 Å². The second kappa shape index (κ2) is 8.26. The lowest BCUT2D eigenvalue weighted by atomic mass is 9.75. The third-order valence-corrected chi connectivity index (χ3v) is 6.33. The van der Waals surface area contributed by atoms with E-state index in [4.69, 9.17) is 4.74 Å². The van der Waals surface area contributed by atoms with E-state index in [1.165, 1.54) is 12.0 Å². The van der Waals surface area contributed by atoms with E-state index in [2.05, 4.69) is 0 Å². The molecule has 1 aromatic rings. The molecule has 8 heteroatoms. The number of para-hydroxylation sites is 1. The highest BCUT2D eigenvalue weighted by molar-refractivity contribution is 6.08. The van der Waals surface area contributed by atoms with Crippen LogP contribution in [-0.4, -0.2) is 47.0 Å². The van der Waals surface area contributed by atoms with Crippen molar-refractivity contribution >= 4 is 17.8 Å². The number of phenols is 1. The standard InChI is InChI=1S/C22H30N2O6/c1-5-6-10-24-19(26)15-16(20(24)27)22(21(28)29,11-12(2)3)23-17(15)13-8-7-9-14(30-4)18(13)25/h7-9,12,15-17,23,25H,5-6,10-11H2,1-4H3,(H,28,29)/t15-,16+,17-,22-/m1/s1. The van der Waals surface area contributed by atoms with E-state index in [0.717, 1.165) is 6.42 Å². The number of hydrogen-bond acceptors (Lipinski definition) is 6. The number of benzene rings is 1. The number of imide groups is 1. The van der Waals surface area contributed by atoms with Gasteiger partial charge in [0.1, 0.15) is 29.4 Å². The first kappa shape index (κ1) is 22.1. The van der Waals surface area contributed by atoms with Gasteiger partial charge in [-0.1, -0.05) is 33.3 Å². The van der Waals surface area contributed by atoms with Gasteiger partial charge in [-0.25, -0.2) is 0 Å². The number of aromatic hydroxyl groups is 1. The molecule has 0 unspecified atom stereocenters. The van der Waals surface area contributed by atoms with Gasteiger partial charge in [0.2, 0.25) is 11.8 Å². The molecule has 2 fully saturated rings. The number of carbonyl (C=O) groups is 3. The topological polar surface area (TPSA) is 124 Å². The van der Waals surface area contributed by atoms with Crippen molar-refractivity contribution in [2.75, 3.05) is 13.7 Å². The van der Waals surface area contributed by atoms with Gasteiger partial charge in [-0.15, -0.1) is 0 Å². The van der Waals surface area contributed by atoms with Gasteiger partial charge in [0, 0.05) is 13.0 Å². The molecule has 2 aliphatic heterocycles. The monoisotopic (exact) mass is 418 g/mol. The zero-order chi connectivity index (χ0) is 22.2. The molecule has 0 aliphatic carbocycles. The lowest BCUT2D eigenvalue weighted by Gasteiger charge is -2.34. The summed E-state index contributed by atoms with van der Waals surface area (Å²) in [5.41, 5.74) is -1.19. The van der Waals surface area contributed by atoms with Crippen molar-refractivity contribution in [3.05, 3.63) is 23.8 Å². The van der Waals surface area contributed by atoms with Crippen LogP contribution in [0, 0.1) is 17.8 Å². The quantitative estimate of drug-likeness (QED) is 0.571. The third kappa shape index (κ3) is 3.33. The highest BCUT2D eigenvalue weighted by Crippen LogP contribution is 2.48. The Bertz CT molecular complexity index is 854. The predicted molar refractivity (Wildman–Crippen MR) is 105 cm³/mol. The molecule has 2 saturated heterocycles. The molecule has 2 heterocycles. The first-order valence-electron chi connectivity index (χ1n) is 10.5. The molecule has 0 saturated carbocycles. The Kier molecular flexibility index (Phi) is 6.08. The fraction of sp³-hybridized carbons (Fsp3) is 0.591. The van der Waals surface area contributed by atoms with Gasteiger partial charge in [-0.05, 0) is 24.5 Å². The van der Waals surface area contributed by atoms with Crippen LogP contribution in [0.15, 0.2) is 18.2 Å². The minimum atomic E-state index is -1.58. The van der Waals surface area contributed by atoms with Crippen molar-refractivity contribution in [3.63, 3.8) is 0 Å². The van der Waals surface area contributed by atoms with Crippen LogP contribution in [0.3, 0.4) is 0 Å². The molecule has 164 valence electrons. The molecule has 0 spiro atoms. The number of phenolic OH excluding ortho intramolecular Hbond substituents is 1. The summed E-state index contributed by atoms with van der Waals surface area (Å²) in [6.07, 6.45) is 1.63. The number of carboxylic acid groups (broad SMARTS) is 1. The van der Waals surface area contributed by atoms with Crippen LogP contribution in [0.2, 0.25) is 0 Å². The molecule has 0 radical (unpaired) electrons. The number of quaternary nitrogens is 1. The van der Waals surface area contributed by atoms with Gasteiger partial charge in [0.25, 0.3) is 0 Å². The number of rotatable bonds is 8. The van der Waals surface area contributed by atoms with Crippen LogP contribution < -0.4 is 15.2 Å². The number of carbonyl (C=O) groups excluding carboxylic acids is 3. The number of nitrogens with two attached hydrogens (primary N) is 1. The highest BCUT2D eigenvalue weighted by atomic mass is 16.5. The van der Waals surface area contributed by atoms with Gasteiger partial charge in [0.15, 0.2) is 11.5 Å². The van der Waals surface area contributed by atoms with Gasteiger partial charge in [-0.2, -0.15) is 0 Å². The Labute approximate surface area is 176 Å². The third-order valence-electron chi connectivity index (χ3n) is 6.33. The molecule has 30 heavy (non-hydrogen) atoms. The number of ether oxygens (including phenoxy) is 1. The van der Waals surface area contributed by atoms with Crippen LogP contribution in [-0.2, 0) is 14.4 Å². The molecule has 0 aromatic heterocycles. The molecule has 2 amide bonds. The minimum absolute atomic E-state index is 0.0370. The maximum atomic E-state index is 13.3. The Hall–Kier alpha value is -2.61. The molecule has 3 rings (SSSR count). The van der Waals surface area contributed by atoms with E-state index in [1.54, 1.807) is 23.5 Å². The number of fused-ring (bicyclic) bond motifs is 1. The molecule has 2 aliphatic rings. The fourth-order valence-electron chi connectivity index (χ4n) is 5.12. The van der Waals surface area contributed by atoms with Crippen LogP contribution in [0.4, 0.5) is 0 Å². The number of carboxylic acids is 1. The van der Waals surface area contributed by atoms with Crippen LogP contribution in [0.25, 0.3) is 0 Å². The van der Waals surface area contributed by atoms with Crippen LogP contribution in [0.1, 0.15) is 51.6 Å². The molecule has 1 aromatic carbocycles. The molecule has 0 bridgehead atoms. The highest BCUT2D eigenvalue weighted by Gasteiger charge is 2.69. The van der Waals surface area contributed by atoms with Crippen molar-refractivity contribution < 1.29 is 34.7 Å². The van der Waals surface area contributed by atoms with Gasteiger partial charge < -0.3 is 25.1 Å². The second-order valence-electron chi connectivity index (χ2n) is 8.70. The number of methoxy groups -OCH3 is 1. The van der Waals surface area contributed by atoms with E-state index in [1.807, 2.05) is 20.8 Å². The maximum Gasteiger partial charge on any atom is 0.240 e. The summed E-state index contributed by atoms with van der Waals surface area (Å²) < 4.78 is 5.19. The number of unbranched alkanes of at least 4 members (excludes halogenated alkanes) is 1. The predicted octanol–water partition coefficient (Wildman–Crippen LogP) is -0.0450. The van der Waals surface area contributed by atoms with Gasteiger partial charge in [-0.3, -0.25) is 14.5 Å². The average molecular weight is 418 g/mol. The number of likely N-dealkylation sites (tertiary alicyclic amines) is 1. The molecular formula is C22H30N2O6. The zero-order valence-corrected chi connectivity index (χ0v) is 17.9. The van der Waals surface area contributed by atoms with Crippen molar-refractivity contribution in [1.29, 1.82) is 0 Å². The maximum absolute atomic E-state index is 13.3. The second-order valence-corrected chi connectivity index (χ2v) is 8.70. The van der Waals surface area contributed by atoms with E-state index in [0.29, 0.717) is 12.0 Å². The van der Waals surface area contributed by atoms with Crippen molar-refractivity contribution in [2.45, 2.75) is 51.6 Å². The summed E-state index contributed by atoms with van der Waals surface area (Å²) in [6, 6.07) is 4.17. The van der Waals surface area contributed by atoms with E-state index in [-0.39, 0.29) is 36.3 Å². The summed E-state index contributed by atoms with van der Waals surface area (Å²) in [7, 11) is 1.42. The first-order valence-corrected chi connectivity index (χ1v) is 10.5. The normalized spacial score (nSPS) is 28.3. The average Bonchev–Trinajstić information content (AvgIpc) is 3.15. The van der Waals surface area contributed by atoms with Crippen molar-refractivity contribution in [3.8, 4) is 11.5 Å². The summed E-state index contributed by atoms with van der Waals surface area (Å²) in [6.45, 7) is 5.98. The Morgan fingerprint density at radius 3 is 2.60 bits per heavy atom. The van der Waals surface area contributed by atoms with Gasteiger partial charge in [0.05, 0.1) is 12.7 Å². The number of nitrogens with zero attached hydrogens (tertiary/aromatic N) is 1. The lowest BCUT2D eigenvalue weighted by molar-refractivity contribution is -0.740. The molecular weight excluding hydrogens is 388 g/mol. The lowest BCUT2D eigenvalue weighted by Crippen LogP contribution is -2.99. The SMILES string of the molecule is CCCCN1C(=O)[C@H]2[C@@H](c3cccc(OC)c3O)[NH2+][C@@](CC(C)C)(C(=O)[O-])[C@@H]2C1=O.